The number of rotatable bonds is 6. The molecule has 0 unspecified atom stereocenters. The number of fused-ring (bicyclic) bond motifs is 1. The fraction of sp³-hybridized carbons (Fsp3) is 0.267. The van der Waals surface area contributed by atoms with Gasteiger partial charge in [0, 0.05) is 24.7 Å². The fourth-order valence-electron chi connectivity index (χ4n) is 1.77. The van der Waals surface area contributed by atoms with E-state index in [9.17, 15) is 14.4 Å². The molecule has 23 heavy (non-hydrogen) atoms. The van der Waals surface area contributed by atoms with Crippen molar-refractivity contribution in [2.24, 2.45) is 0 Å². The number of carbonyl (C=O) groups is 2. The Labute approximate surface area is 136 Å². The molecule has 2 aromatic rings. The van der Waals surface area contributed by atoms with Crippen LogP contribution >= 0.6 is 11.6 Å². The summed E-state index contributed by atoms with van der Waals surface area (Å²) in [6, 6.07) is 5.46. The quantitative estimate of drug-likeness (QED) is 0.631. The second-order valence-electron chi connectivity index (χ2n) is 4.53. The normalized spacial score (nSPS) is 10.5. The molecule has 1 heterocycles. The molecule has 8 heteroatoms. The van der Waals surface area contributed by atoms with E-state index in [4.69, 9.17) is 25.5 Å². The van der Waals surface area contributed by atoms with Gasteiger partial charge < -0.3 is 19.2 Å². The third-order valence-corrected chi connectivity index (χ3v) is 3.09. The van der Waals surface area contributed by atoms with Crippen LogP contribution in [0.3, 0.4) is 0 Å². The second kappa shape index (κ2) is 7.75. The lowest BCUT2D eigenvalue weighted by atomic mass is 10.2. The van der Waals surface area contributed by atoms with Crippen LogP contribution in [0.1, 0.15) is 10.6 Å². The average molecular weight is 340 g/mol. The number of hydrogen-bond donors (Lipinski definition) is 1. The van der Waals surface area contributed by atoms with Crippen LogP contribution in [0.2, 0.25) is 5.02 Å². The van der Waals surface area contributed by atoms with Crippen molar-refractivity contribution in [3.8, 4) is 0 Å². The first-order chi connectivity index (χ1) is 11.0. The number of nitrogens with one attached hydrogen (secondary N) is 1. The van der Waals surface area contributed by atoms with Gasteiger partial charge in [-0.25, -0.2) is 4.79 Å². The van der Waals surface area contributed by atoms with Gasteiger partial charge in [-0.1, -0.05) is 11.6 Å². The number of halogens is 1. The average Bonchev–Trinajstić information content (AvgIpc) is 2.53. The Balaban J connectivity index is 2.05. The maximum Gasteiger partial charge on any atom is 0.374 e. The molecule has 1 amide bonds. The molecule has 2 rings (SSSR count). The van der Waals surface area contributed by atoms with E-state index in [1.807, 2.05) is 0 Å². The van der Waals surface area contributed by atoms with Crippen molar-refractivity contribution in [2.75, 3.05) is 26.9 Å². The molecule has 0 atom stereocenters. The van der Waals surface area contributed by atoms with Crippen LogP contribution in [0.5, 0.6) is 0 Å². The Kier molecular flexibility index (Phi) is 5.72. The SMILES string of the molecule is COCCNC(=O)COC(=O)c1cc(=O)c2cc(Cl)ccc2o1. The first kappa shape index (κ1) is 17.0. The van der Waals surface area contributed by atoms with Gasteiger partial charge in [-0.05, 0) is 18.2 Å². The number of ether oxygens (including phenoxy) is 2. The van der Waals surface area contributed by atoms with Crippen LogP contribution in [0.15, 0.2) is 33.5 Å². The Bertz CT molecular complexity index is 785. The van der Waals surface area contributed by atoms with Gasteiger partial charge in [0.25, 0.3) is 5.91 Å². The Morgan fingerprint density at radius 1 is 1.30 bits per heavy atom. The molecule has 0 aliphatic heterocycles. The summed E-state index contributed by atoms with van der Waals surface area (Å²) >= 11 is 5.80. The smallest absolute Gasteiger partial charge is 0.374 e. The number of esters is 1. The van der Waals surface area contributed by atoms with Crippen molar-refractivity contribution in [3.05, 3.63) is 45.3 Å². The monoisotopic (exact) mass is 339 g/mol. The van der Waals surface area contributed by atoms with Crippen molar-refractivity contribution in [3.63, 3.8) is 0 Å². The van der Waals surface area contributed by atoms with Crippen LogP contribution < -0.4 is 10.7 Å². The zero-order valence-corrected chi connectivity index (χ0v) is 13.0. The standard InChI is InChI=1S/C15H14ClNO6/c1-21-5-4-17-14(19)8-22-15(20)13-7-11(18)10-6-9(16)2-3-12(10)23-13/h2-3,6-7H,4-5,8H2,1H3,(H,17,19). The van der Waals surface area contributed by atoms with Crippen LogP contribution in [0.4, 0.5) is 0 Å². The van der Waals surface area contributed by atoms with Gasteiger partial charge in [0.15, 0.2) is 12.0 Å². The highest BCUT2D eigenvalue weighted by Gasteiger charge is 2.15. The lowest BCUT2D eigenvalue weighted by molar-refractivity contribution is -0.124. The van der Waals surface area contributed by atoms with E-state index in [2.05, 4.69) is 5.32 Å². The van der Waals surface area contributed by atoms with Gasteiger partial charge in [0.2, 0.25) is 5.76 Å². The molecule has 1 aromatic carbocycles. The molecule has 0 saturated carbocycles. The fourth-order valence-corrected chi connectivity index (χ4v) is 1.95. The molecule has 1 N–H and O–H groups in total. The summed E-state index contributed by atoms with van der Waals surface area (Å²) in [6.45, 7) is 0.172. The number of carbonyl (C=O) groups excluding carboxylic acids is 2. The number of amides is 1. The first-order valence-corrected chi connectivity index (χ1v) is 7.05. The molecule has 1 aromatic heterocycles. The van der Waals surface area contributed by atoms with Crippen LogP contribution in [-0.2, 0) is 14.3 Å². The molecule has 122 valence electrons. The molecule has 0 bridgehead atoms. The van der Waals surface area contributed by atoms with Gasteiger partial charge >= 0.3 is 5.97 Å². The minimum absolute atomic E-state index is 0.207. The summed E-state index contributed by atoms with van der Waals surface area (Å²) in [5, 5.41) is 3.13. The molecule has 7 nitrogen and oxygen atoms in total. The summed E-state index contributed by atoms with van der Waals surface area (Å²) in [5.41, 5.74) is -0.219. The summed E-state index contributed by atoms with van der Waals surface area (Å²) in [4.78, 5) is 35.2. The first-order valence-electron chi connectivity index (χ1n) is 6.67. The predicted molar refractivity (Wildman–Crippen MR) is 82.7 cm³/mol. The van der Waals surface area contributed by atoms with Crippen LogP contribution in [0, 0.1) is 0 Å². The largest absolute Gasteiger partial charge is 0.450 e. The van der Waals surface area contributed by atoms with Crippen molar-refractivity contribution in [1.82, 2.24) is 5.32 Å². The molecular weight excluding hydrogens is 326 g/mol. The molecular formula is C15H14ClNO6. The Hall–Kier alpha value is -2.38. The second-order valence-corrected chi connectivity index (χ2v) is 4.97. The van der Waals surface area contributed by atoms with Gasteiger partial charge in [-0.2, -0.15) is 0 Å². The molecule has 0 aliphatic carbocycles. The van der Waals surface area contributed by atoms with Gasteiger partial charge in [0.05, 0.1) is 12.0 Å². The lowest BCUT2D eigenvalue weighted by Gasteiger charge is -2.06. The van der Waals surface area contributed by atoms with E-state index in [1.165, 1.54) is 25.3 Å². The highest BCUT2D eigenvalue weighted by atomic mass is 35.5. The summed E-state index contributed by atoms with van der Waals surface area (Å²) in [5.74, 6) is -1.67. The Morgan fingerprint density at radius 2 is 2.09 bits per heavy atom. The summed E-state index contributed by atoms with van der Waals surface area (Å²) in [6.07, 6.45) is 0. The number of methoxy groups -OCH3 is 1. The zero-order valence-electron chi connectivity index (χ0n) is 12.3. The lowest BCUT2D eigenvalue weighted by Crippen LogP contribution is -2.31. The molecule has 0 spiro atoms. The van der Waals surface area contributed by atoms with Crippen LogP contribution in [-0.4, -0.2) is 38.7 Å². The van der Waals surface area contributed by atoms with Crippen molar-refractivity contribution >= 4 is 34.4 Å². The van der Waals surface area contributed by atoms with Crippen LogP contribution in [0.25, 0.3) is 11.0 Å². The van der Waals surface area contributed by atoms with Crippen molar-refractivity contribution in [2.45, 2.75) is 0 Å². The minimum atomic E-state index is -0.902. The van der Waals surface area contributed by atoms with Crippen molar-refractivity contribution in [1.29, 1.82) is 0 Å². The highest BCUT2D eigenvalue weighted by Crippen LogP contribution is 2.17. The van der Waals surface area contributed by atoms with E-state index in [0.717, 1.165) is 6.07 Å². The maximum absolute atomic E-state index is 11.9. The maximum atomic E-state index is 11.9. The van der Waals surface area contributed by atoms with Crippen molar-refractivity contribution < 1.29 is 23.5 Å². The zero-order chi connectivity index (χ0) is 16.8. The highest BCUT2D eigenvalue weighted by molar-refractivity contribution is 6.31. The predicted octanol–water partition coefficient (Wildman–Crippen LogP) is 1.37. The van der Waals surface area contributed by atoms with E-state index in [0.29, 0.717) is 18.2 Å². The van der Waals surface area contributed by atoms with E-state index >= 15 is 0 Å². The topological polar surface area (TPSA) is 94.8 Å². The van der Waals surface area contributed by atoms with Gasteiger partial charge in [-0.15, -0.1) is 0 Å². The molecule has 0 aliphatic rings. The molecule has 0 saturated heterocycles. The summed E-state index contributed by atoms with van der Waals surface area (Å²) in [7, 11) is 1.50. The minimum Gasteiger partial charge on any atom is -0.450 e. The molecule has 0 radical (unpaired) electrons. The van der Waals surface area contributed by atoms with Gasteiger partial charge in [0.1, 0.15) is 5.58 Å². The third-order valence-electron chi connectivity index (χ3n) is 2.85. The van der Waals surface area contributed by atoms with Gasteiger partial charge in [-0.3, -0.25) is 9.59 Å². The van der Waals surface area contributed by atoms with E-state index < -0.39 is 23.9 Å². The Morgan fingerprint density at radius 3 is 2.83 bits per heavy atom. The molecule has 0 fully saturated rings. The van der Waals surface area contributed by atoms with E-state index in [1.54, 1.807) is 0 Å². The summed E-state index contributed by atoms with van der Waals surface area (Å²) < 4.78 is 14.9. The third kappa shape index (κ3) is 4.54. The number of benzene rings is 1. The number of hydrogen-bond acceptors (Lipinski definition) is 6. The van der Waals surface area contributed by atoms with E-state index in [-0.39, 0.29) is 16.7 Å².